The number of nitrogens with one attached hydrogen (secondary N) is 2. The van der Waals surface area contributed by atoms with Crippen LogP contribution in [0.5, 0.6) is 5.75 Å². The van der Waals surface area contributed by atoms with Crippen LogP contribution in [0.25, 0.3) is 0 Å². The van der Waals surface area contributed by atoms with Gasteiger partial charge in [-0.25, -0.2) is 9.67 Å². The minimum absolute atomic E-state index is 0.0375. The molecule has 150 valence electrons. The monoisotopic (exact) mass is 391 g/mol. The van der Waals surface area contributed by atoms with Crippen molar-refractivity contribution in [3.63, 3.8) is 0 Å². The first-order valence-electron chi connectivity index (χ1n) is 9.90. The Balaban J connectivity index is 1.46. The van der Waals surface area contributed by atoms with E-state index in [1.54, 1.807) is 7.11 Å². The number of ether oxygens (including phenoxy) is 1. The third-order valence-electron chi connectivity index (χ3n) is 5.09. The number of fused-ring (bicyclic) bond motifs is 1. The number of carbonyl (C=O) groups excluding carboxylic acids is 1. The second kappa shape index (κ2) is 8.34. The minimum atomic E-state index is -0.0918. The maximum absolute atomic E-state index is 13.0. The van der Waals surface area contributed by atoms with E-state index in [-0.39, 0.29) is 11.9 Å². The fraction of sp³-hybridized carbons (Fsp3) is 0.318. The third-order valence-corrected chi connectivity index (χ3v) is 5.09. The summed E-state index contributed by atoms with van der Waals surface area (Å²) in [5, 5.41) is 11.0. The van der Waals surface area contributed by atoms with Gasteiger partial charge in [0.2, 0.25) is 0 Å². The van der Waals surface area contributed by atoms with Crippen LogP contribution in [0.15, 0.2) is 48.5 Å². The van der Waals surface area contributed by atoms with Crippen LogP contribution in [0.3, 0.4) is 0 Å². The molecule has 0 aliphatic carbocycles. The van der Waals surface area contributed by atoms with Crippen LogP contribution in [0.4, 0.5) is 11.4 Å². The second-order valence-electron chi connectivity index (χ2n) is 7.09. The summed E-state index contributed by atoms with van der Waals surface area (Å²) >= 11 is 0. The van der Waals surface area contributed by atoms with Crippen LogP contribution in [0.1, 0.15) is 35.4 Å². The molecular weight excluding hydrogens is 366 g/mol. The number of nitrogens with zero attached hydrogens (tertiary/aromatic N) is 3. The lowest BCUT2D eigenvalue weighted by atomic mass is 10.1. The lowest BCUT2D eigenvalue weighted by Crippen LogP contribution is -2.41. The van der Waals surface area contributed by atoms with Gasteiger partial charge in [-0.15, -0.1) is 0 Å². The Kier molecular flexibility index (Phi) is 5.46. The minimum Gasteiger partial charge on any atom is -0.497 e. The molecular formula is C22H25N5O2. The molecule has 2 aromatic carbocycles. The van der Waals surface area contributed by atoms with Crippen LogP contribution in [-0.4, -0.2) is 33.8 Å². The first-order chi connectivity index (χ1) is 14.2. The Morgan fingerprint density at radius 1 is 1.21 bits per heavy atom. The predicted octanol–water partition coefficient (Wildman–Crippen LogP) is 3.34. The Hall–Kier alpha value is -3.35. The van der Waals surface area contributed by atoms with E-state index in [4.69, 9.17) is 4.74 Å². The molecule has 29 heavy (non-hydrogen) atoms. The van der Waals surface area contributed by atoms with Gasteiger partial charge < -0.3 is 15.4 Å². The zero-order valence-electron chi connectivity index (χ0n) is 16.7. The lowest BCUT2D eigenvalue weighted by molar-refractivity contribution is 0.0927. The van der Waals surface area contributed by atoms with Crippen molar-refractivity contribution in [3.05, 3.63) is 65.7 Å². The molecule has 1 atom stereocenters. The van der Waals surface area contributed by atoms with Gasteiger partial charge in [-0.05, 0) is 42.8 Å². The highest BCUT2D eigenvalue weighted by Gasteiger charge is 2.23. The largest absolute Gasteiger partial charge is 0.497 e. The molecule has 7 nitrogen and oxygen atoms in total. The molecule has 3 aromatic rings. The molecule has 1 aromatic heterocycles. The number of para-hydroxylation sites is 1. The summed E-state index contributed by atoms with van der Waals surface area (Å²) in [7, 11) is 1.64. The van der Waals surface area contributed by atoms with Gasteiger partial charge in [0.25, 0.3) is 5.91 Å². The Morgan fingerprint density at radius 2 is 2.00 bits per heavy atom. The zero-order valence-corrected chi connectivity index (χ0v) is 16.7. The molecule has 0 radical (unpaired) electrons. The number of aryl methyl sites for hydroxylation is 2. The van der Waals surface area contributed by atoms with Crippen molar-refractivity contribution >= 4 is 17.3 Å². The number of rotatable bonds is 6. The molecule has 1 aliphatic rings. The van der Waals surface area contributed by atoms with Gasteiger partial charge in [-0.3, -0.25) is 4.79 Å². The summed E-state index contributed by atoms with van der Waals surface area (Å²) in [4.78, 5) is 17.5. The maximum Gasteiger partial charge on any atom is 0.253 e. The summed E-state index contributed by atoms with van der Waals surface area (Å²) in [5.41, 5.74) is 2.27. The molecule has 7 heteroatoms. The first kappa shape index (κ1) is 19.0. The molecule has 2 heterocycles. The highest BCUT2D eigenvalue weighted by Crippen LogP contribution is 2.23. The second-order valence-corrected chi connectivity index (χ2v) is 7.09. The average molecular weight is 391 g/mol. The number of carbonyl (C=O) groups is 1. The number of benzene rings is 2. The van der Waals surface area contributed by atoms with Crippen LogP contribution in [0.2, 0.25) is 0 Å². The van der Waals surface area contributed by atoms with Crippen LogP contribution < -0.4 is 15.4 Å². The summed E-state index contributed by atoms with van der Waals surface area (Å²) in [6.45, 7) is 2.70. The molecule has 1 aliphatic heterocycles. The number of aromatic nitrogens is 3. The standard InChI is InChI=1S/C22H25N5O2/c1-3-20-25-21-13-10-16(14-27(21)26-20)24-22(28)18-6-4-5-7-19(18)23-15-8-11-17(29-2)12-9-15/h4-9,11-12,16,23H,3,10,13-14H2,1-2H3,(H,24,28). The molecule has 0 fully saturated rings. The van der Waals surface area contributed by atoms with Gasteiger partial charge >= 0.3 is 0 Å². The number of anilines is 2. The normalized spacial score (nSPS) is 15.4. The highest BCUT2D eigenvalue weighted by atomic mass is 16.5. The smallest absolute Gasteiger partial charge is 0.253 e. The highest BCUT2D eigenvalue weighted by molar-refractivity contribution is 6.00. The van der Waals surface area contributed by atoms with Gasteiger partial charge in [-0.1, -0.05) is 19.1 Å². The summed E-state index contributed by atoms with van der Waals surface area (Å²) in [5.74, 6) is 2.57. The van der Waals surface area contributed by atoms with Crippen LogP contribution in [0, 0.1) is 0 Å². The van der Waals surface area contributed by atoms with Gasteiger partial charge in [0, 0.05) is 24.6 Å². The van der Waals surface area contributed by atoms with Crippen molar-refractivity contribution in [1.82, 2.24) is 20.1 Å². The van der Waals surface area contributed by atoms with Gasteiger partial charge in [0.1, 0.15) is 11.6 Å². The fourth-order valence-corrected chi connectivity index (χ4v) is 3.51. The number of hydrogen-bond acceptors (Lipinski definition) is 5. The Bertz CT molecular complexity index is 997. The SMILES string of the molecule is CCc1nc2n(n1)CC(NC(=O)c1ccccc1Nc1ccc(OC)cc1)CC2. The zero-order chi connectivity index (χ0) is 20.2. The van der Waals surface area contributed by atoms with E-state index < -0.39 is 0 Å². The van der Waals surface area contributed by atoms with E-state index in [0.29, 0.717) is 12.1 Å². The number of hydrogen-bond donors (Lipinski definition) is 2. The molecule has 0 saturated carbocycles. The molecule has 0 bridgehead atoms. The van der Waals surface area contributed by atoms with Crippen molar-refractivity contribution in [3.8, 4) is 5.75 Å². The van der Waals surface area contributed by atoms with Crippen molar-refractivity contribution in [2.75, 3.05) is 12.4 Å². The van der Waals surface area contributed by atoms with Gasteiger partial charge in [0.05, 0.1) is 24.9 Å². The van der Waals surface area contributed by atoms with Gasteiger partial charge in [0.15, 0.2) is 5.82 Å². The van der Waals surface area contributed by atoms with Crippen LogP contribution >= 0.6 is 0 Å². The molecule has 1 unspecified atom stereocenters. The van der Waals surface area contributed by atoms with E-state index in [0.717, 1.165) is 48.0 Å². The Labute approximate surface area is 170 Å². The predicted molar refractivity (Wildman–Crippen MR) is 112 cm³/mol. The fourth-order valence-electron chi connectivity index (χ4n) is 3.51. The lowest BCUT2D eigenvalue weighted by Gasteiger charge is -2.24. The van der Waals surface area contributed by atoms with Crippen molar-refractivity contribution < 1.29 is 9.53 Å². The van der Waals surface area contributed by atoms with E-state index >= 15 is 0 Å². The van der Waals surface area contributed by atoms with E-state index in [9.17, 15) is 4.79 Å². The van der Waals surface area contributed by atoms with Crippen molar-refractivity contribution in [1.29, 1.82) is 0 Å². The molecule has 0 saturated heterocycles. The molecule has 4 rings (SSSR count). The van der Waals surface area contributed by atoms with E-state index in [2.05, 4.69) is 20.7 Å². The van der Waals surface area contributed by atoms with E-state index in [1.807, 2.05) is 60.1 Å². The van der Waals surface area contributed by atoms with E-state index in [1.165, 1.54) is 0 Å². The van der Waals surface area contributed by atoms with Gasteiger partial charge in [-0.2, -0.15) is 5.10 Å². The van der Waals surface area contributed by atoms with Crippen LogP contribution in [-0.2, 0) is 19.4 Å². The molecule has 1 amide bonds. The molecule has 0 spiro atoms. The summed E-state index contributed by atoms with van der Waals surface area (Å²) in [6, 6.07) is 15.2. The maximum atomic E-state index is 13.0. The Morgan fingerprint density at radius 3 is 2.76 bits per heavy atom. The van der Waals surface area contributed by atoms with Crippen molar-refractivity contribution in [2.45, 2.75) is 38.8 Å². The average Bonchev–Trinajstić information content (AvgIpc) is 3.17. The summed E-state index contributed by atoms with van der Waals surface area (Å²) < 4.78 is 7.12. The first-order valence-corrected chi connectivity index (χ1v) is 9.90. The molecule has 2 N–H and O–H groups in total. The topological polar surface area (TPSA) is 81.1 Å². The third kappa shape index (κ3) is 4.23. The number of methoxy groups -OCH3 is 1. The quantitative estimate of drug-likeness (QED) is 0.674. The number of amides is 1. The van der Waals surface area contributed by atoms with Crippen molar-refractivity contribution in [2.24, 2.45) is 0 Å². The summed E-state index contributed by atoms with van der Waals surface area (Å²) in [6.07, 6.45) is 2.51.